The summed E-state index contributed by atoms with van der Waals surface area (Å²) in [6.45, 7) is 1.45. The van der Waals surface area contributed by atoms with Gasteiger partial charge in [-0.2, -0.15) is 0 Å². The van der Waals surface area contributed by atoms with E-state index in [0.717, 1.165) is 28.4 Å². The molecule has 0 saturated carbocycles. The average molecular weight is 301 g/mol. The lowest BCUT2D eigenvalue weighted by Crippen LogP contribution is -2.13. The van der Waals surface area contributed by atoms with Crippen molar-refractivity contribution < 1.29 is 4.74 Å². The predicted octanol–water partition coefficient (Wildman–Crippen LogP) is 4.12. The first-order valence-electron chi connectivity index (χ1n) is 6.86. The lowest BCUT2D eigenvalue weighted by atomic mass is 10.1. The normalized spacial score (nSPS) is 11.0. The number of benzene rings is 2. The van der Waals surface area contributed by atoms with Gasteiger partial charge < -0.3 is 15.0 Å². The maximum atomic E-state index is 6.24. The number of fused-ring (bicyclic) bond motifs is 1. The molecule has 0 aliphatic rings. The van der Waals surface area contributed by atoms with Crippen molar-refractivity contribution in [3.8, 4) is 5.75 Å². The Morgan fingerprint density at radius 3 is 2.81 bits per heavy atom. The fraction of sp³-hybridized carbons (Fsp3) is 0.176. The van der Waals surface area contributed by atoms with E-state index in [0.29, 0.717) is 6.54 Å². The van der Waals surface area contributed by atoms with Crippen LogP contribution in [0.1, 0.15) is 11.1 Å². The van der Waals surface area contributed by atoms with Crippen molar-refractivity contribution in [1.29, 1.82) is 0 Å². The third kappa shape index (κ3) is 2.89. The zero-order valence-electron chi connectivity index (χ0n) is 11.8. The van der Waals surface area contributed by atoms with Gasteiger partial charge in [-0.1, -0.05) is 35.9 Å². The SMILES string of the molecule is COc1cccc(Cl)c1CNCc1c[nH]c2ccccc12. The molecular weight excluding hydrogens is 284 g/mol. The van der Waals surface area contributed by atoms with E-state index in [1.165, 1.54) is 10.9 Å². The number of hydrogen-bond acceptors (Lipinski definition) is 2. The van der Waals surface area contributed by atoms with Crippen LogP contribution in [0, 0.1) is 0 Å². The second-order valence-electron chi connectivity index (χ2n) is 4.88. The second kappa shape index (κ2) is 6.20. The van der Waals surface area contributed by atoms with Crippen molar-refractivity contribution in [3.63, 3.8) is 0 Å². The summed E-state index contributed by atoms with van der Waals surface area (Å²) in [5, 5.41) is 5.40. The maximum absolute atomic E-state index is 6.24. The largest absolute Gasteiger partial charge is 0.496 e. The van der Waals surface area contributed by atoms with Crippen molar-refractivity contribution in [2.45, 2.75) is 13.1 Å². The molecule has 0 amide bonds. The number of methoxy groups -OCH3 is 1. The molecule has 4 heteroatoms. The van der Waals surface area contributed by atoms with Crippen molar-refractivity contribution in [2.75, 3.05) is 7.11 Å². The van der Waals surface area contributed by atoms with Crippen LogP contribution in [0.25, 0.3) is 10.9 Å². The van der Waals surface area contributed by atoms with Gasteiger partial charge in [-0.25, -0.2) is 0 Å². The number of hydrogen-bond donors (Lipinski definition) is 2. The summed E-state index contributed by atoms with van der Waals surface area (Å²) in [6, 6.07) is 14.0. The molecule has 0 saturated heterocycles. The molecule has 2 N–H and O–H groups in total. The lowest BCUT2D eigenvalue weighted by Gasteiger charge is -2.11. The van der Waals surface area contributed by atoms with Crippen LogP contribution in [0.3, 0.4) is 0 Å². The smallest absolute Gasteiger partial charge is 0.124 e. The molecule has 0 fully saturated rings. The van der Waals surface area contributed by atoms with Gasteiger partial charge in [0.1, 0.15) is 5.75 Å². The molecule has 0 aliphatic carbocycles. The highest BCUT2D eigenvalue weighted by Gasteiger charge is 2.08. The Kier molecular flexibility index (Phi) is 4.13. The van der Waals surface area contributed by atoms with Gasteiger partial charge in [-0.05, 0) is 23.8 Å². The van der Waals surface area contributed by atoms with Gasteiger partial charge >= 0.3 is 0 Å². The van der Waals surface area contributed by atoms with E-state index in [-0.39, 0.29) is 0 Å². The molecule has 108 valence electrons. The molecule has 3 rings (SSSR count). The van der Waals surface area contributed by atoms with Crippen molar-refractivity contribution >= 4 is 22.5 Å². The molecule has 0 spiro atoms. The summed E-state index contributed by atoms with van der Waals surface area (Å²) in [4.78, 5) is 3.28. The molecule has 3 aromatic rings. The van der Waals surface area contributed by atoms with Gasteiger partial charge in [0.15, 0.2) is 0 Å². The first-order chi connectivity index (χ1) is 10.3. The Morgan fingerprint density at radius 1 is 1.10 bits per heavy atom. The van der Waals surface area contributed by atoms with Crippen LogP contribution < -0.4 is 10.1 Å². The number of aromatic nitrogens is 1. The van der Waals surface area contributed by atoms with E-state index >= 15 is 0 Å². The molecule has 0 bridgehead atoms. The Labute approximate surface area is 128 Å². The molecule has 21 heavy (non-hydrogen) atoms. The van der Waals surface area contributed by atoms with E-state index in [1.807, 2.05) is 30.5 Å². The zero-order valence-corrected chi connectivity index (χ0v) is 12.6. The number of halogens is 1. The third-order valence-electron chi connectivity index (χ3n) is 3.59. The van der Waals surface area contributed by atoms with Crippen molar-refractivity contribution in [3.05, 3.63) is 64.8 Å². The molecule has 0 aliphatic heterocycles. The summed E-state index contributed by atoms with van der Waals surface area (Å²) >= 11 is 6.24. The molecular formula is C17H17ClN2O. The van der Waals surface area contributed by atoms with E-state index in [9.17, 15) is 0 Å². The van der Waals surface area contributed by atoms with E-state index in [1.54, 1.807) is 7.11 Å². The van der Waals surface area contributed by atoms with Gasteiger partial charge in [0.05, 0.1) is 7.11 Å². The standard InChI is InChI=1S/C17H17ClN2O/c1-21-17-8-4-6-15(18)14(17)11-19-9-12-10-20-16-7-3-2-5-13(12)16/h2-8,10,19-20H,9,11H2,1H3. The topological polar surface area (TPSA) is 37.0 Å². The predicted molar refractivity (Wildman–Crippen MR) is 86.8 cm³/mol. The van der Waals surface area contributed by atoms with Crippen molar-refractivity contribution in [2.24, 2.45) is 0 Å². The number of para-hydroxylation sites is 1. The molecule has 1 aromatic heterocycles. The number of H-pyrrole nitrogens is 1. The minimum Gasteiger partial charge on any atom is -0.496 e. The second-order valence-corrected chi connectivity index (χ2v) is 5.29. The van der Waals surface area contributed by atoms with Crippen molar-refractivity contribution in [1.82, 2.24) is 10.3 Å². The minimum atomic E-state index is 0.669. The zero-order chi connectivity index (χ0) is 14.7. The monoisotopic (exact) mass is 300 g/mol. The first kappa shape index (κ1) is 14.0. The van der Waals surface area contributed by atoms with Gasteiger partial charge in [0.25, 0.3) is 0 Å². The Morgan fingerprint density at radius 2 is 1.95 bits per heavy atom. The fourth-order valence-electron chi connectivity index (χ4n) is 2.50. The van der Waals surface area contributed by atoms with Gasteiger partial charge in [0.2, 0.25) is 0 Å². The Bertz CT molecular complexity index is 751. The highest BCUT2D eigenvalue weighted by molar-refractivity contribution is 6.31. The number of rotatable bonds is 5. The lowest BCUT2D eigenvalue weighted by molar-refractivity contribution is 0.407. The molecule has 0 unspecified atom stereocenters. The average Bonchev–Trinajstić information content (AvgIpc) is 2.92. The minimum absolute atomic E-state index is 0.669. The van der Waals surface area contributed by atoms with Crippen LogP contribution in [-0.2, 0) is 13.1 Å². The van der Waals surface area contributed by atoms with Crippen LogP contribution in [0.4, 0.5) is 0 Å². The Balaban J connectivity index is 1.72. The third-order valence-corrected chi connectivity index (χ3v) is 3.94. The number of nitrogens with one attached hydrogen (secondary N) is 2. The van der Waals surface area contributed by atoms with Crippen LogP contribution >= 0.6 is 11.6 Å². The van der Waals surface area contributed by atoms with Crippen LogP contribution in [-0.4, -0.2) is 12.1 Å². The molecule has 0 atom stereocenters. The summed E-state index contributed by atoms with van der Waals surface area (Å²) in [5.41, 5.74) is 3.39. The van der Waals surface area contributed by atoms with E-state index in [2.05, 4.69) is 28.5 Å². The maximum Gasteiger partial charge on any atom is 0.124 e. The van der Waals surface area contributed by atoms with Gasteiger partial charge in [0, 0.05) is 40.8 Å². The quantitative estimate of drug-likeness (QED) is 0.744. The molecule has 3 nitrogen and oxygen atoms in total. The van der Waals surface area contributed by atoms with Crippen LogP contribution in [0.15, 0.2) is 48.7 Å². The Hall–Kier alpha value is -1.97. The number of ether oxygens (including phenoxy) is 1. The first-order valence-corrected chi connectivity index (χ1v) is 7.24. The van der Waals surface area contributed by atoms with E-state index < -0.39 is 0 Å². The van der Waals surface area contributed by atoms with Crippen LogP contribution in [0.5, 0.6) is 5.75 Å². The molecule has 1 heterocycles. The highest BCUT2D eigenvalue weighted by Crippen LogP contribution is 2.26. The number of aromatic amines is 1. The molecule has 0 radical (unpaired) electrons. The summed E-state index contributed by atoms with van der Waals surface area (Å²) in [5.74, 6) is 0.814. The molecule has 2 aromatic carbocycles. The summed E-state index contributed by atoms with van der Waals surface area (Å²) in [6.07, 6.45) is 2.04. The van der Waals surface area contributed by atoms with E-state index in [4.69, 9.17) is 16.3 Å². The summed E-state index contributed by atoms with van der Waals surface area (Å²) < 4.78 is 5.35. The van der Waals surface area contributed by atoms with Gasteiger partial charge in [-0.15, -0.1) is 0 Å². The highest BCUT2D eigenvalue weighted by atomic mass is 35.5. The van der Waals surface area contributed by atoms with Gasteiger partial charge in [-0.3, -0.25) is 0 Å². The summed E-state index contributed by atoms with van der Waals surface area (Å²) in [7, 11) is 1.66. The fourth-order valence-corrected chi connectivity index (χ4v) is 2.73. The van der Waals surface area contributed by atoms with Crippen LogP contribution in [0.2, 0.25) is 5.02 Å².